The van der Waals surface area contributed by atoms with Gasteiger partial charge in [-0.2, -0.15) is 0 Å². The third-order valence-corrected chi connectivity index (χ3v) is 3.01. The lowest BCUT2D eigenvalue weighted by Crippen LogP contribution is -2.30. The average molecular weight is 264 g/mol. The fourth-order valence-electron chi connectivity index (χ4n) is 1.78. The number of ether oxygens (including phenoxy) is 2. The molecule has 5 nitrogen and oxygen atoms in total. The van der Waals surface area contributed by atoms with Gasteiger partial charge in [0.25, 0.3) is 5.91 Å². The predicted octanol–water partition coefficient (Wildman–Crippen LogP) is 1.37. The molecule has 19 heavy (non-hydrogen) atoms. The lowest BCUT2D eigenvalue weighted by atomic mass is 10.1. The van der Waals surface area contributed by atoms with Gasteiger partial charge in [-0.25, -0.2) is 0 Å². The van der Waals surface area contributed by atoms with Crippen molar-refractivity contribution in [2.45, 2.75) is 31.8 Å². The van der Waals surface area contributed by atoms with Crippen molar-refractivity contribution in [1.82, 2.24) is 5.32 Å². The fourth-order valence-corrected chi connectivity index (χ4v) is 1.78. The van der Waals surface area contributed by atoms with Crippen LogP contribution < -0.4 is 20.5 Å². The zero-order chi connectivity index (χ0) is 13.8. The first-order valence-corrected chi connectivity index (χ1v) is 6.46. The van der Waals surface area contributed by atoms with E-state index < -0.39 is 0 Å². The second-order valence-corrected chi connectivity index (χ2v) is 4.82. The summed E-state index contributed by atoms with van der Waals surface area (Å²) in [5.41, 5.74) is 6.74. The van der Waals surface area contributed by atoms with E-state index in [0.717, 1.165) is 18.4 Å². The van der Waals surface area contributed by atoms with Gasteiger partial charge in [0.2, 0.25) is 0 Å². The SMILES string of the molecule is COc1ccc([C@@H](C)N)c(OCC(=O)NC2CC2)c1. The van der Waals surface area contributed by atoms with Gasteiger partial charge >= 0.3 is 0 Å². The molecule has 104 valence electrons. The first-order chi connectivity index (χ1) is 9.10. The number of rotatable bonds is 6. The molecule has 0 aromatic heterocycles. The Hall–Kier alpha value is -1.75. The molecule has 0 heterocycles. The third kappa shape index (κ3) is 3.86. The zero-order valence-corrected chi connectivity index (χ0v) is 11.3. The minimum Gasteiger partial charge on any atom is -0.497 e. The van der Waals surface area contributed by atoms with E-state index in [2.05, 4.69) is 5.32 Å². The molecule has 1 aromatic carbocycles. The first kappa shape index (κ1) is 13.7. The van der Waals surface area contributed by atoms with Gasteiger partial charge in [-0.05, 0) is 25.8 Å². The third-order valence-electron chi connectivity index (χ3n) is 3.01. The number of benzene rings is 1. The Morgan fingerprint density at radius 3 is 2.84 bits per heavy atom. The summed E-state index contributed by atoms with van der Waals surface area (Å²) >= 11 is 0. The molecule has 1 amide bonds. The molecule has 1 aliphatic carbocycles. The van der Waals surface area contributed by atoms with Gasteiger partial charge in [0.05, 0.1) is 7.11 Å². The highest BCUT2D eigenvalue weighted by Crippen LogP contribution is 2.28. The van der Waals surface area contributed by atoms with Crippen LogP contribution >= 0.6 is 0 Å². The highest BCUT2D eigenvalue weighted by Gasteiger charge is 2.23. The minimum atomic E-state index is -0.160. The number of carbonyl (C=O) groups is 1. The number of carbonyl (C=O) groups excluding carboxylic acids is 1. The molecule has 1 saturated carbocycles. The molecule has 3 N–H and O–H groups in total. The van der Waals surface area contributed by atoms with E-state index in [-0.39, 0.29) is 18.6 Å². The van der Waals surface area contributed by atoms with E-state index in [0.29, 0.717) is 17.5 Å². The van der Waals surface area contributed by atoms with Crippen LogP contribution in [0.5, 0.6) is 11.5 Å². The maximum Gasteiger partial charge on any atom is 0.258 e. The summed E-state index contributed by atoms with van der Waals surface area (Å²) in [7, 11) is 1.59. The molecule has 1 fully saturated rings. The number of hydrogen-bond acceptors (Lipinski definition) is 4. The van der Waals surface area contributed by atoms with Crippen LogP contribution in [-0.2, 0) is 4.79 Å². The van der Waals surface area contributed by atoms with Crippen molar-refractivity contribution in [2.24, 2.45) is 5.73 Å². The Morgan fingerprint density at radius 1 is 1.53 bits per heavy atom. The number of amides is 1. The van der Waals surface area contributed by atoms with Crippen LogP contribution in [0.15, 0.2) is 18.2 Å². The molecule has 0 bridgehead atoms. The van der Waals surface area contributed by atoms with Gasteiger partial charge in [0.15, 0.2) is 6.61 Å². The Balaban J connectivity index is 2.01. The lowest BCUT2D eigenvalue weighted by Gasteiger charge is -2.15. The van der Waals surface area contributed by atoms with Crippen molar-refractivity contribution >= 4 is 5.91 Å². The maximum atomic E-state index is 11.6. The second-order valence-electron chi connectivity index (χ2n) is 4.82. The summed E-state index contributed by atoms with van der Waals surface area (Å²) in [5.74, 6) is 1.18. The van der Waals surface area contributed by atoms with E-state index in [1.54, 1.807) is 13.2 Å². The molecule has 1 aromatic rings. The van der Waals surface area contributed by atoms with Crippen LogP contribution in [0.1, 0.15) is 31.4 Å². The number of hydrogen-bond donors (Lipinski definition) is 2. The van der Waals surface area contributed by atoms with Gasteiger partial charge in [-0.15, -0.1) is 0 Å². The molecular weight excluding hydrogens is 244 g/mol. The van der Waals surface area contributed by atoms with Crippen molar-refractivity contribution < 1.29 is 14.3 Å². The van der Waals surface area contributed by atoms with Crippen LogP contribution in [0, 0.1) is 0 Å². The summed E-state index contributed by atoms with van der Waals surface area (Å²) in [6.07, 6.45) is 2.13. The van der Waals surface area contributed by atoms with Gasteiger partial charge in [0, 0.05) is 23.7 Å². The number of nitrogens with one attached hydrogen (secondary N) is 1. The molecule has 1 aliphatic rings. The van der Waals surface area contributed by atoms with Crippen molar-refractivity contribution in [2.75, 3.05) is 13.7 Å². The quantitative estimate of drug-likeness (QED) is 0.814. The normalized spacial score (nSPS) is 15.7. The second kappa shape index (κ2) is 5.93. The standard InChI is InChI=1S/C14H20N2O3/c1-9(15)12-6-5-11(18-2)7-13(12)19-8-14(17)16-10-3-4-10/h5-7,9-10H,3-4,8,15H2,1-2H3,(H,16,17)/t9-/m1/s1. The molecular formula is C14H20N2O3. The molecule has 0 aliphatic heterocycles. The van der Waals surface area contributed by atoms with E-state index >= 15 is 0 Å². The van der Waals surface area contributed by atoms with Crippen LogP contribution in [0.2, 0.25) is 0 Å². The Bertz CT molecular complexity index is 456. The zero-order valence-electron chi connectivity index (χ0n) is 11.3. The van der Waals surface area contributed by atoms with Gasteiger partial charge < -0.3 is 20.5 Å². The van der Waals surface area contributed by atoms with Crippen LogP contribution in [0.4, 0.5) is 0 Å². The molecule has 1 atom stereocenters. The summed E-state index contributed by atoms with van der Waals surface area (Å²) in [4.78, 5) is 11.6. The van der Waals surface area contributed by atoms with Gasteiger partial charge in [-0.1, -0.05) is 6.07 Å². The molecule has 0 unspecified atom stereocenters. The van der Waals surface area contributed by atoms with Crippen LogP contribution in [0.3, 0.4) is 0 Å². The monoisotopic (exact) mass is 264 g/mol. The van der Waals surface area contributed by atoms with E-state index in [9.17, 15) is 4.79 Å². The largest absolute Gasteiger partial charge is 0.497 e. The molecule has 5 heteroatoms. The molecule has 0 saturated heterocycles. The molecule has 0 spiro atoms. The van der Waals surface area contributed by atoms with Crippen molar-refractivity contribution in [1.29, 1.82) is 0 Å². The highest BCUT2D eigenvalue weighted by atomic mass is 16.5. The number of nitrogens with two attached hydrogens (primary N) is 1. The predicted molar refractivity (Wildman–Crippen MR) is 72.3 cm³/mol. The van der Waals surface area contributed by atoms with Crippen LogP contribution in [0.25, 0.3) is 0 Å². The van der Waals surface area contributed by atoms with Crippen LogP contribution in [-0.4, -0.2) is 25.7 Å². The summed E-state index contributed by atoms with van der Waals surface area (Å²) in [6.45, 7) is 1.88. The first-order valence-electron chi connectivity index (χ1n) is 6.46. The number of methoxy groups -OCH3 is 1. The summed E-state index contributed by atoms with van der Waals surface area (Å²) in [5, 5.41) is 2.87. The average Bonchev–Trinajstić information content (AvgIpc) is 3.19. The van der Waals surface area contributed by atoms with E-state index in [1.165, 1.54) is 0 Å². The molecule has 0 radical (unpaired) electrons. The Morgan fingerprint density at radius 2 is 2.26 bits per heavy atom. The fraction of sp³-hybridized carbons (Fsp3) is 0.500. The van der Waals surface area contributed by atoms with Gasteiger partial charge in [-0.3, -0.25) is 4.79 Å². The Kier molecular flexibility index (Phi) is 4.27. The van der Waals surface area contributed by atoms with Gasteiger partial charge in [0.1, 0.15) is 11.5 Å². The highest BCUT2D eigenvalue weighted by molar-refractivity contribution is 5.78. The van der Waals surface area contributed by atoms with Crippen molar-refractivity contribution in [3.05, 3.63) is 23.8 Å². The summed E-state index contributed by atoms with van der Waals surface area (Å²) < 4.78 is 10.7. The van der Waals surface area contributed by atoms with Crippen molar-refractivity contribution in [3.63, 3.8) is 0 Å². The molecule has 2 rings (SSSR count). The van der Waals surface area contributed by atoms with E-state index in [1.807, 2.05) is 19.1 Å². The summed E-state index contributed by atoms with van der Waals surface area (Å²) in [6, 6.07) is 5.62. The Labute approximate surface area is 113 Å². The smallest absolute Gasteiger partial charge is 0.258 e. The minimum absolute atomic E-state index is 0.00336. The maximum absolute atomic E-state index is 11.6. The topological polar surface area (TPSA) is 73.6 Å². The van der Waals surface area contributed by atoms with Crippen molar-refractivity contribution in [3.8, 4) is 11.5 Å². The van der Waals surface area contributed by atoms with E-state index in [4.69, 9.17) is 15.2 Å². The lowest BCUT2D eigenvalue weighted by molar-refractivity contribution is -0.123.